The molecule has 3 heteroatoms. The van der Waals surface area contributed by atoms with Gasteiger partial charge in [0.2, 0.25) is 0 Å². The Labute approximate surface area is 50.6 Å². The lowest BCUT2D eigenvalue weighted by Crippen LogP contribution is -2.38. The van der Waals surface area contributed by atoms with Crippen LogP contribution in [0.2, 0.25) is 0 Å². The molecular formula is C5H15N3. The largest absolute Gasteiger partial charge is 0.255 e. The highest BCUT2D eigenvalue weighted by Gasteiger charge is 1.93. The van der Waals surface area contributed by atoms with Crippen molar-refractivity contribution >= 4 is 0 Å². The molecule has 0 amide bonds. The molecule has 0 aromatic rings. The predicted octanol–water partition coefficient (Wildman–Crippen LogP) is 0.0819. The fourth-order valence-corrected chi connectivity index (χ4v) is 0.407. The third-order valence-electron chi connectivity index (χ3n) is 0.965. The second kappa shape index (κ2) is 3.83. The van der Waals surface area contributed by atoms with Gasteiger partial charge in [-0.25, -0.2) is 0 Å². The highest BCUT2D eigenvalue weighted by atomic mass is 15.6. The van der Waals surface area contributed by atoms with E-state index in [9.17, 15) is 0 Å². The van der Waals surface area contributed by atoms with Gasteiger partial charge in [-0.3, -0.25) is 11.7 Å². The van der Waals surface area contributed by atoms with Gasteiger partial charge in [0.05, 0.1) is 0 Å². The van der Waals surface area contributed by atoms with Crippen molar-refractivity contribution in [1.82, 2.24) is 5.12 Å². The standard InChI is InChI=1S/C5H15N3/c1-5(2)3-4-8(6)7/h5H,3-4,6-7H2,1-2H3. The molecule has 0 spiro atoms. The molecule has 0 aliphatic carbocycles. The Hall–Kier alpha value is -0.120. The monoisotopic (exact) mass is 117 g/mol. The number of hydrogen-bond donors (Lipinski definition) is 2. The van der Waals surface area contributed by atoms with Crippen LogP contribution in [0.5, 0.6) is 0 Å². The molecule has 0 aromatic carbocycles. The van der Waals surface area contributed by atoms with Crippen molar-refractivity contribution in [2.24, 2.45) is 17.6 Å². The van der Waals surface area contributed by atoms with Crippen LogP contribution in [-0.2, 0) is 0 Å². The number of hydrazine groups is 2. The van der Waals surface area contributed by atoms with E-state index in [4.69, 9.17) is 11.7 Å². The number of nitrogens with zero attached hydrogens (tertiary/aromatic N) is 1. The lowest BCUT2D eigenvalue weighted by molar-refractivity contribution is 0.274. The van der Waals surface area contributed by atoms with Crippen molar-refractivity contribution in [2.75, 3.05) is 6.54 Å². The van der Waals surface area contributed by atoms with Gasteiger partial charge >= 0.3 is 0 Å². The van der Waals surface area contributed by atoms with Crippen LogP contribution in [0.25, 0.3) is 0 Å². The number of hydrogen-bond acceptors (Lipinski definition) is 3. The molecule has 4 N–H and O–H groups in total. The minimum absolute atomic E-state index is 0.685. The van der Waals surface area contributed by atoms with Crippen molar-refractivity contribution in [3.63, 3.8) is 0 Å². The summed E-state index contributed by atoms with van der Waals surface area (Å²) in [7, 11) is 0. The number of nitrogens with two attached hydrogens (primary N) is 2. The zero-order valence-corrected chi connectivity index (χ0v) is 5.59. The summed E-state index contributed by atoms with van der Waals surface area (Å²) in [6.07, 6.45) is 1.06. The molecule has 0 aliphatic rings. The average molecular weight is 117 g/mol. The minimum Gasteiger partial charge on any atom is -0.255 e. The SMILES string of the molecule is CC(C)CCN(N)N. The Morgan fingerprint density at radius 1 is 1.38 bits per heavy atom. The van der Waals surface area contributed by atoms with Crippen molar-refractivity contribution in [3.8, 4) is 0 Å². The van der Waals surface area contributed by atoms with E-state index in [1.165, 1.54) is 5.12 Å². The lowest BCUT2D eigenvalue weighted by atomic mass is 10.1. The van der Waals surface area contributed by atoms with Gasteiger partial charge < -0.3 is 0 Å². The lowest BCUT2D eigenvalue weighted by Gasteiger charge is -2.09. The molecule has 0 bridgehead atoms. The zero-order chi connectivity index (χ0) is 6.57. The van der Waals surface area contributed by atoms with Gasteiger partial charge in [-0.15, -0.1) is 0 Å². The minimum atomic E-state index is 0.685. The molecule has 0 atom stereocenters. The molecule has 0 radical (unpaired) electrons. The van der Waals surface area contributed by atoms with Gasteiger partial charge in [0.25, 0.3) is 0 Å². The van der Waals surface area contributed by atoms with E-state index in [-0.39, 0.29) is 0 Å². The van der Waals surface area contributed by atoms with Gasteiger partial charge in [-0.05, 0) is 12.3 Å². The molecule has 50 valence electrons. The normalized spacial score (nSPS) is 11.2. The van der Waals surface area contributed by atoms with E-state index in [0.29, 0.717) is 5.92 Å². The Kier molecular flexibility index (Phi) is 3.77. The van der Waals surface area contributed by atoms with Crippen LogP contribution < -0.4 is 11.7 Å². The Morgan fingerprint density at radius 3 is 2.00 bits per heavy atom. The highest BCUT2D eigenvalue weighted by Crippen LogP contribution is 1.96. The van der Waals surface area contributed by atoms with Crippen LogP contribution >= 0.6 is 0 Å². The van der Waals surface area contributed by atoms with Gasteiger partial charge in [0.15, 0.2) is 0 Å². The molecule has 0 saturated heterocycles. The molecule has 0 aromatic heterocycles. The molecule has 0 aliphatic heterocycles. The predicted molar refractivity (Wildman–Crippen MR) is 34.5 cm³/mol. The van der Waals surface area contributed by atoms with E-state index in [1.807, 2.05) is 0 Å². The fourth-order valence-electron chi connectivity index (χ4n) is 0.407. The molecule has 0 heterocycles. The average Bonchev–Trinajstić information content (AvgIpc) is 1.61. The Morgan fingerprint density at radius 2 is 1.88 bits per heavy atom. The summed E-state index contributed by atoms with van der Waals surface area (Å²) in [5.74, 6) is 11.0. The quantitative estimate of drug-likeness (QED) is 0.406. The third-order valence-corrected chi connectivity index (χ3v) is 0.965. The molecule has 0 saturated carbocycles. The molecule has 0 fully saturated rings. The zero-order valence-electron chi connectivity index (χ0n) is 5.59. The summed E-state index contributed by atoms with van der Waals surface area (Å²) in [6.45, 7) is 5.06. The summed E-state index contributed by atoms with van der Waals surface area (Å²) in [4.78, 5) is 0. The van der Waals surface area contributed by atoms with Crippen LogP contribution in [0.3, 0.4) is 0 Å². The van der Waals surface area contributed by atoms with Crippen LogP contribution in [0, 0.1) is 5.92 Å². The first-order chi connectivity index (χ1) is 3.63. The van der Waals surface area contributed by atoms with Gasteiger partial charge in [0, 0.05) is 6.54 Å². The maximum atomic E-state index is 5.15. The Bertz CT molecular complexity index is 43.6. The molecule has 0 unspecified atom stereocenters. The van der Waals surface area contributed by atoms with Gasteiger partial charge in [-0.1, -0.05) is 13.8 Å². The smallest absolute Gasteiger partial charge is 0.0285 e. The van der Waals surface area contributed by atoms with Crippen LogP contribution in [0.15, 0.2) is 0 Å². The first kappa shape index (κ1) is 7.88. The van der Waals surface area contributed by atoms with Gasteiger partial charge in [0.1, 0.15) is 0 Å². The van der Waals surface area contributed by atoms with E-state index >= 15 is 0 Å². The van der Waals surface area contributed by atoms with Crippen molar-refractivity contribution in [2.45, 2.75) is 20.3 Å². The summed E-state index contributed by atoms with van der Waals surface area (Å²) in [6, 6.07) is 0. The second-order valence-corrected chi connectivity index (χ2v) is 2.42. The van der Waals surface area contributed by atoms with Crippen LogP contribution in [0.1, 0.15) is 20.3 Å². The summed E-state index contributed by atoms with van der Waals surface area (Å²) in [5, 5.41) is 1.22. The first-order valence-electron chi connectivity index (χ1n) is 2.90. The van der Waals surface area contributed by atoms with Crippen molar-refractivity contribution in [1.29, 1.82) is 0 Å². The molecular weight excluding hydrogens is 102 g/mol. The summed E-state index contributed by atoms with van der Waals surface area (Å²) >= 11 is 0. The third kappa shape index (κ3) is 5.88. The fraction of sp³-hybridized carbons (Fsp3) is 1.00. The number of rotatable bonds is 3. The van der Waals surface area contributed by atoms with E-state index in [1.54, 1.807) is 0 Å². The van der Waals surface area contributed by atoms with Crippen LogP contribution in [-0.4, -0.2) is 11.7 Å². The summed E-state index contributed by atoms with van der Waals surface area (Å²) in [5.41, 5.74) is 0. The Balaban J connectivity index is 2.93. The topological polar surface area (TPSA) is 55.3 Å². The van der Waals surface area contributed by atoms with E-state index in [0.717, 1.165) is 13.0 Å². The van der Waals surface area contributed by atoms with Crippen molar-refractivity contribution in [3.05, 3.63) is 0 Å². The van der Waals surface area contributed by atoms with E-state index < -0.39 is 0 Å². The van der Waals surface area contributed by atoms with E-state index in [2.05, 4.69) is 13.8 Å². The summed E-state index contributed by atoms with van der Waals surface area (Å²) < 4.78 is 0. The first-order valence-corrected chi connectivity index (χ1v) is 2.90. The highest BCUT2D eigenvalue weighted by molar-refractivity contribution is 4.44. The maximum absolute atomic E-state index is 5.15. The second-order valence-electron chi connectivity index (χ2n) is 2.42. The van der Waals surface area contributed by atoms with Crippen LogP contribution in [0.4, 0.5) is 0 Å². The van der Waals surface area contributed by atoms with Gasteiger partial charge in [-0.2, -0.15) is 5.12 Å². The maximum Gasteiger partial charge on any atom is 0.0285 e. The molecule has 3 nitrogen and oxygen atoms in total. The molecule has 8 heavy (non-hydrogen) atoms. The molecule has 0 rings (SSSR count). The van der Waals surface area contributed by atoms with Crippen molar-refractivity contribution < 1.29 is 0 Å².